The molecule has 1 heterocycles. The summed E-state index contributed by atoms with van der Waals surface area (Å²) >= 11 is 0. The lowest BCUT2D eigenvalue weighted by Gasteiger charge is -2.26. The van der Waals surface area contributed by atoms with Gasteiger partial charge in [-0.05, 0) is 30.7 Å². The van der Waals surface area contributed by atoms with Gasteiger partial charge in [0.1, 0.15) is 11.9 Å². The van der Waals surface area contributed by atoms with E-state index in [4.69, 9.17) is 25.4 Å². The third kappa shape index (κ3) is 2.85. The maximum atomic E-state index is 8.84. The van der Waals surface area contributed by atoms with Crippen molar-refractivity contribution in [1.29, 1.82) is 0 Å². The molecule has 2 atom stereocenters. The fourth-order valence-corrected chi connectivity index (χ4v) is 1.46. The van der Waals surface area contributed by atoms with Gasteiger partial charge in [-0.1, -0.05) is 0 Å². The molecule has 1 aliphatic heterocycles. The number of anilines is 1. The summed E-state index contributed by atoms with van der Waals surface area (Å²) < 4.78 is 5.52. The van der Waals surface area contributed by atoms with Gasteiger partial charge in [0.05, 0.1) is 6.61 Å². The minimum Gasteiger partial charge on any atom is -0.462 e. The topological polar surface area (TPSA) is 73.9 Å². The third-order valence-corrected chi connectivity index (χ3v) is 2.37. The van der Waals surface area contributed by atoms with Gasteiger partial charge in [0.15, 0.2) is 0 Å². The van der Waals surface area contributed by atoms with Gasteiger partial charge in [-0.15, -0.1) is 0 Å². The number of nitrogen functional groups attached to an aromatic ring is 1. The highest BCUT2D eigenvalue weighted by Crippen LogP contribution is 2.21. The zero-order valence-electron chi connectivity index (χ0n) is 8.83. The first kappa shape index (κ1) is 11.2. The standard InChI is InChI=1S/C11H15NO4/c12-8-1-3-9(4-2-8)14-11-6-5-10(7-13)15-16-11/h1-4,10-11,13H,5-7,12H2. The molecule has 1 saturated heterocycles. The van der Waals surface area contributed by atoms with Gasteiger partial charge in [0.25, 0.3) is 0 Å². The van der Waals surface area contributed by atoms with Gasteiger partial charge >= 0.3 is 0 Å². The summed E-state index contributed by atoms with van der Waals surface area (Å²) in [6.45, 7) is -0.0331. The molecule has 1 fully saturated rings. The monoisotopic (exact) mass is 225 g/mol. The number of ether oxygens (including phenoxy) is 1. The SMILES string of the molecule is Nc1ccc(OC2CCC(CO)OO2)cc1. The Kier molecular flexibility index (Phi) is 3.61. The molecule has 1 aromatic rings. The third-order valence-electron chi connectivity index (χ3n) is 2.37. The van der Waals surface area contributed by atoms with Crippen molar-refractivity contribution in [2.45, 2.75) is 25.2 Å². The molecule has 0 aromatic heterocycles. The van der Waals surface area contributed by atoms with Crippen molar-refractivity contribution in [3.05, 3.63) is 24.3 Å². The molecule has 0 saturated carbocycles. The Morgan fingerprint density at radius 3 is 2.56 bits per heavy atom. The second-order valence-electron chi connectivity index (χ2n) is 3.69. The quantitative estimate of drug-likeness (QED) is 0.594. The van der Waals surface area contributed by atoms with Crippen LogP contribution < -0.4 is 10.5 Å². The van der Waals surface area contributed by atoms with Crippen LogP contribution in [0.5, 0.6) is 5.75 Å². The molecule has 0 bridgehead atoms. The highest BCUT2D eigenvalue weighted by atomic mass is 17.2. The Balaban J connectivity index is 1.84. The molecular formula is C11H15NO4. The summed E-state index contributed by atoms with van der Waals surface area (Å²) in [7, 11) is 0. The molecule has 2 unspecified atom stereocenters. The van der Waals surface area contributed by atoms with Gasteiger partial charge in [0, 0.05) is 12.1 Å². The van der Waals surface area contributed by atoms with Crippen LogP contribution in [-0.4, -0.2) is 24.1 Å². The first-order valence-electron chi connectivity index (χ1n) is 5.23. The lowest BCUT2D eigenvalue weighted by Crippen LogP contribution is -2.33. The van der Waals surface area contributed by atoms with Gasteiger partial charge in [-0.25, -0.2) is 4.89 Å². The smallest absolute Gasteiger partial charge is 0.231 e. The summed E-state index contributed by atoms with van der Waals surface area (Å²) in [6, 6.07) is 7.07. The van der Waals surface area contributed by atoms with E-state index in [1.54, 1.807) is 24.3 Å². The van der Waals surface area contributed by atoms with Gasteiger partial charge < -0.3 is 15.6 Å². The lowest BCUT2D eigenvalue weighted by atomic mass is 10.2. The number of rotatable bonds is 3. The molecule has 0 amide bonds. The minimum absolute atomic E-state index is 0.0331. The van der Waals surface area contributed by atoms with Crippen molar-refractivity contribution < 1.29 is 19.6 Å². The molecule has 5 heteroatoms. The normalized spacial score (nSPS) is 25.3. The zero-order chi connectivity index (χ0) is 11.4. The molecule has 16 heavy (non-hydrogen) atoms. The molecule has 2 rings (SSSR count). The van der Waals surface area contributed by atoms with Crippen LogP contribution in [0.1, 0.15) is 12.8 Å². The number of benzene rings is 1. The number of hydrogen-bond acceptors (Lipinski definition) is 5. The van der Waals surface area contributed by atoms with E-state index < -0.39 is 6.29 Å². The second kappa shape index (κ2) is 5.16. The van der Waals surface area contributed by atoms with E-state index in [9.17, 15) is 0 Å². The Bertz CT molecular complexity index is 319. The summed E-state index contributed by atoms with van der Waals surface area (Å²) in [5.41, 5.74) is 6.25. The van der Waals surface area contributed by atoms with Crippen molar-refractivity contribution in [3.63, 3.8) is 0 Å². The zero-order valence-corrected chi connectivity index (χ0v) is 8.83. The highest BCUT2D eigenvalue weighted by Gasteiger charge is 2.23. The van der Waals surface area contributed by atoms with Crippen molar-refractivity contribution in [2.24, 2.45) is 0 Å². The molecule has 0 aliphatic carbocycles. The predicted octanol–water partition coefficient (Wildman–Crippen LogP) is 1.08. The van der Waals surface area contributed by atoms with Crippen LogP contribution in [0.15, 0.2) is 24.3 Å². The minimum atomic E-state index is -0.425. The van der Waals surface area contributed by atoms with Crippen LogP contribution in [0.3, 0.4) is 0 Å². The largest absolute Gasteiger partial charge is 0.462 e. The fourth-order valence-electron chi connectivity index (χ4n) is 1.46. The van der Waals surface area contributed by atoms with Crippen LogP contribution in [0.4, 0.5) is 5.69 Å². The maximum Gasteiger partial charge on any atom is 0.231 e. The van der Waals surface area contributed by atoms with Crippen LogP contribution in [0, 0.1) is 0 Å². The summed E-state index contributed by atoms with van der Waals surface area (Å²) in [5, 5.41) is 8.84. The van der Waals surface area contributed by atoms with Gasteiger partial charge in [-0.2, -0.15) is 4.89 Å². The Hall–Kier alpha value is -1.30. The first-order chi connectivity index (χ1) is 7.78. The lowest BCUT2D eigenvalue weighted by molar-refractivity contribution is -0.410. The molecule has 3 N–H and O–H groups in total. The summed E-state index contributed by atoms with van der Waals surface area (Å²) in [4.78, 5) is 9.94. The number of aliphatic hydroxyl groups excluding tert-OH is 1. The Labute approximate surface area is 93.7 Å². The molecule has 5 nitrogen and oxygen atoms in total. The average molecular weight is 225 g/mol. The number of aliphatic hydroxyl groups is 1. The van der Waals surface area contributed by atoms with E-state index in [-0.39, 0.29) is 12.7 Å². The summed E-state index contributed by atoms with van der Waals surface area (Å²) in [6.07, 6.45) is 0.740. The van der Waals surface area contributed by atoms with E-state index in [1.165, 1.54) is 0 Å². The van der Waals surface area contributed by atoms with Crippen molar-refractivity contribution in [3.8, 4) is 5.75 Å². The van der Waals surface area contributed by atoms with Gasteiger partial charge in [0.2, 0.25) is 6.29 Å². The molecule has 88 valence electrons. The van der Waals surface area contributed by atoms with E-state index in [2.05, 4.69) is 0 Å². The van der Waals surface area contributed by atoms with Crippen LogP contribution in [0.2, 0.25) is 0 Å². The molecule has 0 radical (unpaired) electrons. The van der Waals surface area contributed by atoms with E-state index in [0.29, 0.717) is 17.9 Å². The highest BCUT2D eigenvalue weighted by molar-refractivity contribution is 5.41. The molecule has 0 spiro atoms. The Morgan fingerprint density at radius 2 is 2.00 bits per heavy atom. The van der Waals surface area contributed by atoms with E-state index in [0.717, 1.165) is 6.42 Å². The van der Waals surface area contributed by atoms with Crippen molar-refractivity contribution in [2.75, 3.05) is 12.3 Å². The summed E-state index contributed by atoms with van der Waals surface area (Å²) in [5.74, 6) is 0.685. The molecule has 1 aliphatic rings. The average Bonchev–Trinajstić information content (AvgIpc) is 2.33. The van der Waals surface area contributed by atoms with Crippen LogP contribution in [0.25, 0.3) is 0 Å². The number of hydrogen-bond donors (Lipinski definition) is 2. The fraction of sp³-hybridized carbons (Fsp3) is 0.455. The second-order valence-corrected chi connectivity index (χ2v) is 3.69. The van der Waals surface area contributed by atoms with E-state index in [1.807, 2.05) is 0 Å². The molecule has 1 aromatic carbocycles. The van der Waals surface area contributed by atoms with Crippen LogP contribution >= 0.6 is 0 Å². The van der Waals surface area contributed by atoms with Crippen LogP contribution in [-0.2, 0) is 9.78 Å². The molecular weight excluding hydrogens is 210 g/mol. The van der Waals surface area contributed by atoms with Crippen molar-refractivity contribution >= 4 is 5.69 Å². The van der Waals surface area contributed by atoms with Crippen molar-refractivity contribution in [1.82, 2.24) is 0 Å². The predicted molar refractivity (Wildman–Crippen MR) is 57.5 cm³/mol. The van der Waals surface area contributed by atoms with Gasteiger partial charge in [-0.3, -0.25) is 0 Å². The maximum absolute atomic E-state index is 8.84. The number of nitrogens with two attached hydrogens (primary N) is 1. The van der Waals surface area contributed by atoms with E-state index >= 15 is 0 Å². The first-order valence-corrected chi connectivity index (χ1v) is 5.23. The Morgan fingerprint density at radius 1 is 1.25 bits per heavy atom.